The quantitative estimate of drug-likeness (QED) is 0.606. The lowest BCUT2D eigenvalue weighted by atomic mass is 10.1. The van der Waals surface area contributed by atoms with E-state index in [-0.39, 0.29) is 24.5 Å². The minimum atomic E-state index is -0.191. The van der Waals surface area contributed by atoms with Gasteiger partial charge in [-0.2, -0.15) is 0 Å². The Labute approximate surface area is 203 Å². The number of ether oxygens (including phenoxy) is 2. The Kier molecular flexibility index (Phi) is 6.49. The van der Waals surface area contributed by atoms with Crippen LogP contribution in [-0.4, -0.2) is 72.7 Å². The van der Waals surface area contributed by atoms with Crippen LogP contribution in [0.2, 0.25) is 0 Å². The zero-order valence-corrected chi connectivity index (χ0v) is 19.4. The molecule has 2 N–H and O–H groups in total. The standard InChI is InChI=1S/C26H27N5O4/c1-34-22-6-2-5-20(13-22)28-26(33)31-11-10-30-16-25(32)29-23-12-18(19-4-3-9-27-14-19)7-8-24(23)35-17-21(30)15-31/h2-9,12-14,21H,10-11,15-17H2,1H3,(H,28,33)(H,29,32)/t21-/m0/s1. The van der Waals surface area contributed by atoms with Crippen molar-refractivity contribution in [3.63, 3.8) is 0 Å². The van der Waals surface area contributed by atoms with Crippen molar-refractivity contribution in [3.8, 4) is 22.6 Å². The predicted molar refractivity (Wildman–Crippen MR) is 133 cm³/mol. The summed E-state index contributed by atoms with van der Waals surface area (Å²) in [7, 11) is 1.59. The maximum Gasteiger partial charge on any atom is 0.321 e. The smallest absolute Gasteiger partial charge is 0.321 e. The molecule has 0 unspecified atom stereocenters. The average Bonchev–Trinajstić information content (AvgIpc) is 2.95. The summed E-state index contributed by atoms with van der Waals surface area (Å²) >= 11 is 0. The summed E-state index contributed by atoms with van der Waals surface area (Å²) in [5, 5.41) is 5.92. The third-order valence-corrected chi connectivity index (χ3v) is 6.24. The van der Waals surface area contributed by atoms with Gasteiger partial charge in [-0.05, 0) is 35.9 Å². The van der Waals surface area contributed by atoms with E-state index in [2.05, 4.69) is 20.5 Å². The van der Waals surface area contributed by atoms with Gasteiger partial charge in [-0.15, -0.1) is 0 Å². The number of aromatic nitrogens is 1. The lowest BCUT2D eigenvalue weighted by Gasteiger charge is -2.40. The Morgan fingerprint density at radius 3 is 2.89 bits per heavy atom. The molecule has 0 spiro atoms. The number of piperazine rings is 1. The van der Waals surface area contributed by atoms with E-state index in [4.69, 9.17) is 9.47 Å². The summed E-state index contributed by atoms with van der Waals surface area (Å²) < 4.78 is 11.4. The summed E-state index contributed by atoms with van der Waals surface area (Å²) in [6.45, 7) is 2.13. The van der Waals surface area contributed by atoms with Crippen molar-refractivity contribution in [2.24, 2.45) is 0 Å². The number of pyridine rings is 1. The molecule has 0 aliphatic carbocycles. The summed E-state index contributed by atoms with van der Waals surface area (Å²) in [6.07, 6.45) is 3.51. The number of fused-ring (bicyclic) bond motifs is 2. The molecule has 2 aliphatic rings. The minimum absolute atomic E-state index is 0.112. The normalized spacial score (nSPS) is 18.0. The Bertz CT molecular complexity index is 1220. The molecule has 1 saturated heterocycles. The van der Waals surface area contributed by atoms with Gasteiger partial charge in [-0.25, -0.2) is 4.79 Å². The highest BCUT2D eigenvalue weighted by molar-refractivity contribution is 5.95. The molecule has 3 aromatic rings. The van der Waals surface area contributed by atoms with Crippen LogP contribution < -0.4 is 20.1 Å². The third-order valence-electron chi connectivity index (χ3n) is 6.24. The van der Waals surface area contributed by atoms with Crippen LogP contribution in [0.5, 0.6) is 11.5 Å². The number of methoxy groups -OCH3 is 1. The van der Waals surface area contributed by atoms with Crippen molar-refractivity contribution in [1.82, 2.24) is 14.8 Å². The molecule has 0 bridgehead atoms. The molecule has 1 fully saturated rings. The molecule has 1 aromatic heterocycles. The van der Waals surface area contributed by atoms with Gasteiger partial charge in [0.1, 0.15) is 18.1 Å². The first kappa shape index (κ1) is 22.7. The molecule has 9 nitrogen and oxygen atoms in total. The van der Waals surface area contributed by atoms with E-state index in [9.17, 15) is 9.59 Å². The highest BCUT2D eigenvalue weighted by Crippen LogP contribution is 2.32. The van der Waals surface area contributed by atoms with Crippen molar-refractivity contribution in [3.05, 3.63) is 67.0 Å². The van der Waals surface area contributed by atoms with Crippen LogP contribution in [0.1, 0.15) is 0 Å². The molecule has 2 aliphatic heterocycles. The highest BCUT2D eigenvalue weighted by Gasteiger charge is 2.32. The molecule has 1 atom stereocenters. The Morgan fingerprint density at radius 2 is 2.06 bits per heavy atom. The summed E-state index contributed by atoms with van der Waals surface area (Å²) in [5.74, 6) is 1.17. The molecular weight excluding hydrogens is 446 g/mol. The maximum atomic E-state index is 12.9. The number of hydrogen-bond acceptors (Lipinski definition) is 6. The summed E-state index contributed by atoms with van der Waals surface area (Å²) in [5.41, 5.74) is 3.20. The van der Waals surface area contributed by atoms with Crippen LogP contribution in [0.15, 0.2) is 67.0 Å². The van der Waals surface area contributed by atoms with Crippen molar-refractivity contribution in [2.75, 3.05) is 50.5 Å². The average molecular weight is 474 g/mol. The van der Waals surface area contributed by atoms with Crippen molar-refractivity contribution >= 4 is 23.3 Å². The number of anilines is 2. The molecule has 180 valence electrons. The number of amides is 3. The maximum absolute atomic E-state index is 12.9. The number of carbonyl (C=O) groups excluding carboxylic acids is 2. The van der Waals surface area contributed by atoms with Gasteiger partial charge < -0.3 is 25.0 Å². The largest absolute Gasteiger partial charge is 0.497 e. The van der Waals surface area contributed by atoms with Crippen molar-refractivity contribution in [2.45, 2.75) is 6.04 Å². The molecule has 0 saturated carbocycles. The number of urea groups is 1. The van der Waals surface area contributed by atoms with Gasteiger partial charge in [-0.1, -0.05) is 18.2 Å². The lowest BCUT2D eigenvalue weighted by Crippen LogP contribution is -2.58. The van der Waals surface area contributed by atoms with Gasteiger partial charge in [0.05, 0.1) is 25.4 Å². The molecule has 9 heteroatoms. The molecule has 2 aromatic carbocycles. The lowest BCUT2D eigenvalue weighted by molar-refractivity contribution is -0.118. The number of benzene rings is 2. The monoisotopic (exact) mass is 473 g/mol. The molecule has 5 rings (SSSR count). The van der Waals surface area contributed by atoms with Crippen molar-refractivity contribution < 1.29 is 19.1 Å². The molecule has 3 amide bonds. The first-order valence-corrected chi connectivity index (χ1v) is 11.5. The number of rotatable bonds is 3. The molecule has 35 heavy (non-hydrogen) atoms. The number of nitrogens with one attached hydrogen (secondary N) is 2. The number of hydrogen-bond donors (Lipinski definition) is 2. The predicted octanol–water partition coefficient (Wildman–Crippen LogP) is 3.31. The van der Waals surface area contributed by atoms with E-state index in [1.165, 1.54) is 0 Å². The Hall–Kier alpha value is -4.11. The molecule has 3 heterocycles. The zero-order valence-electron chi connectivity index (χ0n) is 19.4. The van der Waals surface area contributed by atoms with Gasteiger partial charge in [0, 0.05) is 49.3 Å². The fraction of sp³-hybridized carbons (Fsp3) is 0.269. The second-order valence-corrected chi connectivity index (χ2v) is 8.54. The van der Waals surface area contributed by atoms with Gasteiger partial charge in [0.25, 0.3) is 0 Å². The summed E-state index contributed by atoms with van der Waals surface area (Å²) in [4.78, 5) is 33.8. The van der Waals surface area contributed by atoms with E-state index in [0.29, 0.717) is 49.1 Å². The van der Waals surface area contributed by atoms with Crippen molar-refractivity contribution in [1.29, 1.82) is 0 Å². The van der Waals surface area contributed by atoms with Crippen LogP contribution in [0.4, 0.5) is 16.2 Å². The van der Waals surface area contributed by atoms with E-state index < -0.39 is 0 Å². The molecular formula is C26H27N5O4. The highest BCUT2D eigenvalue weighted by atomic mass is 16.5. The van der Waals surface area contributed by atoms with Gasteiger partial charge in [-0.3, -0.25) is 14.7 Å². The Balaban J connectivity index is 1.30. The second-order valence-electron chi connectivity index (χ2n) is 8.54. The van der Waals surface area contributed by atoms with Gasteiger partial charge in [0.15, 0.2) is 0 Å². The Morgan fingerprint density at radius 1 is 1.14 bits per heavy atom. The van der Waals surface area contributed by atoms with Crippen LogP contribution >= 0.6 is 0 Å². The third kappa shape index (κ3) is 5.20. The van der Waals surface area contributed by atoms with E-state index in [1.807, 2.05) is 48.5 Å². The van der Waals surface area contributed by atoms with Crippen LogP contribution in [0.3, 0.4) is 0 Å². The van der Waals surface area contributed by atoms with E-state index in [0.717, 1.165) is 11.1 Å². The minimum Gasteiger partial charge on any atom is -0.497 e. The van der Waals surface area contributed by atoms with E-state index >= 15 is 0 Å². The second kappa shape index (κ2) is 10.0. The van der Waals surface area contributed by atoms with E-state index in [1.54, 1.807) is 30.5 Å². The van der Waals surface area contributed by atoms with Crippen LogP contribution in [0.25, 0.3) is 11.1 Å². The summed E-state index contributed by atoms with van der Waals surface area (Å²) in [6, 6.07) is 16.5. The first-order valence-electron chi connectivity index (χ1n) is 11.5. The first-order chi connectivity index (χ1) is 17.1. The number of nitrogens with zero attached hydrogens (tertiary/aromatic N) is 3. The fourth-order valence-electron chi connectivity index (χ4n) is 4.37. The fourth-order valence-corrected chi connectivity index (χ4v) is 4.37. The SMILES string of the molecule is COc1cccc(NC(=O)N2CCN3CC(=O)Nc4cc(-c5cccnc5)ccc4OC[C@@H]3C2)c1. The molecule has 0 radical (unpaired) electrons. The van der Waals surface area contributed by atoms with Gasteiger partial charge >= 0.3 is 6.03 Å². The van der Waals surface area contributed by atoms with Crippen LogP contribution in [-0.2, 0) is 4.79 Å². The van der Waals surface area contributed by atoms with Gasteiger partial charge in [0.2, 0.25) is 5.91 Å². The zero-order chi connectivity index (χ0) is 24.2. The van der Waals surface area contributed by atoms with Crippen LogP contribution in [0, 0.1) is 0 Å². The topological polar surface area (TPSA) is 96.0 Å². The number of carbonyl (C=O) groups is 2.